The van der Waals surface area contributed by atoms with Crippen molar-refractivity contribution in [2.45, 2.75) is 38.3 Å². The van der Waals surface area contributed by atoms with Gasteiger partial charge >= 0.3 is 0 Å². The van der Waals surface area contributed by atoms with Crippen molar-refractivity contribution in [3.8, 4) is 0 Å². The molecule has 1 fully saturated rings. The van der Waals surface area contributed by atoms with Gasteiger partial charge < -0.3 is 10.5 Å². The van der Waals surface area contributed by atoms with E-state index in [1.165, 1.54) is 18.4 Å². The zero-order chi connectivity index (χ0) is 12.8. The molecule has 0 radical (unpaired) electrons. The first-order valence-electron chi connectivity index (χ1n) is 6.60. The van der Waals surface area contributed by atoms with Crippen LogP contribution in [-0.2, 0) is 6.54 Å². The monoisotopic (exact) mass is 250 g/mol. The van der Waals surface area contributed by atoms with Crippen LogP contribution in [0.5, 0.6) is 0 Å². The molecule has 2 rings (SSSR count). The number of hydrogen-bond donors (Lipinski definition) is 3. The first-order valence-corrected chi connectivity index (χ1v) is 6.60. The number of likely N-dealkylation sites (tertiary alicyclic amines) is 1. The summed E-state index contributed by atoms with van der Waals surface area (Å²) in [7, 11) is 0. The number of aliphatic hydroxyl groups is 1. The number of nitrogen functional groups attached to an aromatic ring is 1. The molecule has 0 bridgehead atoms. The molecular weight excluding hydrogens is 228 g/mol. The van der Waals surface area contributed by atoms with E-state index >= 15 is 0 Å². The number of pyridine rings is 1. The van der Waals surface area contributed by atoms with Crippen molar-refractivity contribution in [3.05, 3.63) is 23.9 Å². The van der Waals surface area contributed by atoms with Crippen LogP contribution in [0.25, 0.3) is 0 Å². The zero-order valence-corrected chi connectivity index (χ0v) is 10.7. The highest BCUT2D eigenvalue weighted by molar-refractivity contribution is 5.35. The largest absolute Gasteiger partial charge is 0.396 e. The molecule has 18 heavy (non-hydrogen) atoms. The van der Waals surface area contributed by atoms with E-state index in [1.807, 2.05) is 12.1 Å². The predicted molar refractivity (Wildman–Crippen MR) is 71.8 cm³/mol. The highest BCUT2D eigenvalue weighted by atomic mass is 16.2. The Labute approximate surface area is 108 Å². The van der Waals surface area contributed by atoms with E-state index in [4.69, 9.17) is 10.9 Å². The van der Waals surface area contributed by atoms with Gasteiger partial charge in [-0.2, -0.15) is 0 Å². The lowest BCUT2D eigenvalue weighted by Crippen LogP contribution is -2.29. The van der Waals surface area contributed by atoms with Gasteiger partial charge in [0, 0.05) is 25.4 Å². The molecule has 1 saturated heterocycles. The molecular formula is C13H22N4O. The van der Waals surface area contributed by atoms with Crippen LogP contribution in [0.3, 0.4) is 0 Å². The summed E-state index contributed by atoms with van der Waals surface area (Å²) in [6, 6.07) is 4.63. The molecule has 5 nitrogen and oxygen atoms in total. The summed E-state index contributed by atoms with van der Waals surface area (Å²) in [5.41, 5.74) is 3.81. The molecule has 0 aliphatic carbocycles. The minimum absolute atomic E-state index is 0.292. The highest BCUT2D eigenvalue weighted by Gasteiger charge is 2.23. The number of hydrogen-bond acceptors (Lipinski definition) is 5. The SMILES string of the molecule is NNc1cc(CN2CCCC2CCCO)ccn1. The van der Waals surface area contributed by atoms with Gasteiger partial charge in [0.15, 0.2) is 0 Å². The summed E-state index contributed by atoms with van der Waals surface area (Å²) in [5, 5.41) is 8.92. The van der Waals surface area contributed by atoms with Gasteiger partial charge in [0.1, 0.15) is 5.82 Å². The molecule has 0 amide bonds. The molecule has 1 atom stereocenters. The van der Waals surface area contributed by atoms with E-state index in [-0.39, 0.29) is 0 Å². The Balaban J connectivity index is 1.94. The molecule has 5 heteroatoms. The second kappa shape index (κ2) is 6.68. The van der Waals surface area contributed by atoms with E-state index in [9.17, 15) is 0 Å². The van der Waals surface area contributed by atoms with E-state index in [2.05, 4.69) is 15.3 Å². The van der Waals surface area contributed by atoms with Crippen LogP contribution in [0.2, 0.25) is 0 Å². The predicted octanol–water partition coefficient (Wildman–Crippen LogP) is 1.10. The average Bonchev–Trinajstić information content (AvgIpc) is 2.84. The summed E-state index contributed by atoms with van der Waals surface area (Å²) in [6.07, 6.45) is 6.26. The molecule has 1 aliphatic rings. The second-order valence-electron chi connectivity index (χ2n) is 4.83. The van der Waals surface area contributed by atoms with Gasteiger partial charge in [-0.3, -0.25) is 4.90 Å². The summed E-state index contributed by atoms with van der Waals surface area (Å²) in [6.45, 7) is 2.37. The minimum Gasteiger partial charge on any atom is -0.396 e. The van der Waals surface area contributed by atoms with E-state index in [0.717, 1.165) is 25.9 Å². The number of nitrogens with one attached hydrogen (secondary N) is 1. The zero-order valence-electron chi connectivity index (χ0n) is 10.7. The number of aromatic nitrogens is 1. The summed E-state index contributed by atoms with van der Waals surface area (Å²) in [4.78, 5) is 6.60. The Morgan fingerprint density at radius 3 is 3.22 bits per heavy atom. The molecule has 1 aromatic rings. The molecule has 1 aromatic heterocycles. The van der Waals surface area contributed by atoms with Gasteiger partial charge in [-0.1, -0.05) is 0 Å². The lowest BCUT2D eigenvalue weighted by molar-refractivity contribution is 0.210. The normalized spacial score (nSPS) is 20.2. The number of anilines is 1. The summed E-state index contributed by atoms with van der Waals surface area (Å²) < 4.78 is 0. The third-order valence-electron chi connectivity index (χ3n) is 3.55. The van der Waals surface area contributed by atoms with Crippen LogP contribution in [0.1, 0.15) is 31.2 Å². The molecule has 1 unspecified atom stereocenters. The van der Waals surface area contributed by atoms with E-state index in [0.29, 0.717) is 18.5 Å². The van der Waals surface area contributed by atoms with Gasteiger partial charge in [0.25, 0.3) is 0 Å². The molecule has 0 spiro atoms. The van der Waals surface area contributed by atoms with Crippen molar-refractivity contribution in [1.82, 2.24) is 9.88 Å². The number of nitrogens with zero attached hydrogens (tertiary/aromatic N) is 2. The quantitative estimate of drug-likeness (QED) is 0.521. The first kappa shape index (κ1) is 13.3. The second-order valence-corrected chi connectivity index (χ2v) is 4.83. The van der Waals surface area contributed by atoms with Crippen LogP contribution < -0.4 is 11.3 Å². The van der Waals surface area contributed by atoms with Crippen molar-refractivity contribution in [1.29, 1.82) is 0 Å². The Morgan fingerprint density at radius 2 is 2.44 bits per heavy atom. The highest BCUT2D eigenvalue weighted by Crippen LogP contribution is 2.23. The van der Waals surface area contributed by atoms with Crippen molar-refractivity contribution < 1.29 is 5.11 Å². The molecule has 0 saturated carbocycles. The van der Waals surface area contributed by atoms with Gasteiger partial charge in [-0.15, -0.1) is 0 Å². The third-order valence-corrected chi connectivity index (χ3v) is 3.55. The Hall–Kier alpha value is -1.17. The first-order chi connectivity index (χ1) is 8.83. The van der Waals surface area contributed by atoms with Crippen molar-refractivity contribution in [3.63, 3.8) is 0 Å². The third kappa shape index (κ3) is 3.41. The molecule has 0 aromatic carbocycles. The molecule has 100 valence electrons. The Kier molecular flexibility index (Phi) is 4.92. The van der Waals surface area contributed by atoms with E-state index < -0.39 is 0 Å². The number of aliphatic hydroxyl groups excluding tert-OH is 1. The van der Waals surface area contributed by atoms with Crippen LogP contribution in [0, 0.1) is 0 Å². The molecule has 2 heterocycles. The van der Waals surface area contributed by atoms with Gasteiger partial charge in [-0.05, 0) is 49.9 Å². The molecule has 4 N–H and O–H groups in total. The van der Waals surface area contributed by atoms with Crippen molar-refractivity contribution in [2.24, 2.45) is 5.84 Å². The van der Waals surface area contributed by atoms with Gasteiger partial charge in [0.05, 0.1) is 0 Å². The molecule has 1 aliphatic heterocycles. The average molecular weight is 250 g/mol. The lowest BCUT2D eigenvalue weighted by atomic mass is 10.1. The lowest BCUT2D eigenvalue weighted by Gasteiger charge is -2.24. The van der Waals surface area contributed by atoms with Gasteiger partial charge in [0.2, 0.25) is 0 Å². The topological polar surface area (TPSA) is 74.4 Å². The fourth-order valence-electron chi connectivity index (χ4n) is 2.64. The van der Waals surface area contributed by atoms with Gasteiger partial charge in [-0.25, -0.2) is 10.8 Å². The fourth-order valence-corrected chi connectivity index (χ4v) is 2.64. The summed E-state index contributed by atoms with van der Waals surface area (Å²) >= 11 is 0. The number of hydrazine groups is 1. The van der Waals surface area contributed by atoms with E-state index in [1.54, 1.807) is 6.20 Å². The maximum Gasteiger partial charge on any atom is 0.140 e. The van der Waals surface area contributed by atoms with Crippen molar-refractivity contribution >= 4 is 5.82 Å². The smallest absolute Gasteiger partial charge is 0.140 e. The van der Waals surface area contributed by atoms with Crippen LogP contribution in [0.4, 0.5) is 5.82 Å². The number of rotatable bonds is 6. The van der Waals surface area contributed by atoms with Crippen LogP contribution >= 0.6 is 0 Å². The maximum atomic E-state index is 8.92. The fraction of sp³-hybridized carbons (Fsp3) is 0.615. The van der Waals surface area contributed by atoms with Crippen LogP contribution in [-0.4, -0.2) is 34.2 Å². The minimum atomic E-state index is 0.292. The Morgan fingerprint density at radius 1 is 1.56 bits per heavy atom. The maximum absolute atomic E-state index is 8.92. The number of nitrogens with two attached hydrogens (primary N) is 1. The van der Waals surface area contributed by atoms with Crippen molar-refractivity contribution in [2.75, 3.05) is 18.6 Å². The summed E-state index contributed by atoms with van der Waals surface area (Å²) in [5.74, 6) is 6.07. The standard InChI is InChI=1S/C13H22N4O/c14-16-13-9-11(5-6-15-13)10-17-7-1-3-12(17)4-2-8-18/h5-6,9,12,18H,1-4,7-8,10,14H2,(H,15,16). The van der Waals surface area contributed by atoms with Crippen LogP contribution in [0.15, 0.2) is 18.3 Å². The Bertz CT molecular complexity index is 372.